The number of rotatable bonds is 5. The van der Waals surface area contributed by atoms with E-state index in [-0.39, 0.29) is 22.8 Å². The van der Waals surface area contributed by atoms with Crippen molar-refractivity contribution in [1.82, 2.24) is 4.98 Å². The summed E-state index contributed by atoms with van der Waals surface area (Å²) in [7, 11) is 1.40. The molecule has 104 valence electrons. The summed E-state index contributed by atoms with van der Waals surface area (Å²) in [5, 5.41) is 0. The van der Waals surface area contributed by atoms with Gasteiger partial charge in [0.1, 0.15) is 11.5 Å². The number of methoxy groups -OCH3 is 1. The van der Waals surface area contributed by atoms with E-state index in [9.17, 15) is 13.6 Å². The maximum absolute atomic E-state index is 12.4. The third-order valence-electron chi connectivity index (χ3n) is 2.55. The molecule has 0 aliphatic heterocycles. The van der Waals surface area contributed by atoms with Crippen LogP contribution in [0, 0.1) is 0 Å². The number of aromatic nitrogens is 1. The zero-order valence-electron chi connectivity index (χ0n) is 10.5. The summed E-state index contributed by atoms with van der Waals surface area (Å²) >= 11 is 0. The van der Waals surface area contributed by atoms with Gasteiger partial charge >= 0.3 is 6.61 Å². The second-order valence-corrected chi connectivity index (χ2v) is 3.76. The molecule has 20 heavy (non-hydrogen) atoms. The number of halogens is 2. The maximum atomic E-state index is 12.4. The number of alkyl halides is 2. The molecule has 2 rings (SSSR count). The van der Waals surface area contributed by atoms with Crippen molar-refractivity contribution >= 4 is 5.78 Å². The second-order valence-electron chi connectivity index (χ2n) is 3.76. The lowest BCUT2D eigenvalue weighted by Crippen LogP contribution is -2.11. The molecule has 1 aromatic carbocycles. The number of nitrogens with zero attached hydrogens (tertiary/aromatic N) is 1. The summed E-state index contributed by atoms with van der Waals surface area (Å²) in [5.41, 5.74) is 0.0464. The highest BCUT2D eigenvalue weighted by Crippen LogP contribution is 2.25. The van der Waals surface area contributed by atoms with Crippen molar-refractivity contribution in [3.05, 3.63) is 53.9 Å². The largest absolute Gasteiger partial charge is 0.494 e. The van der Waals surface area contributed by atoms with Crippen molar-refractivity contribution in [2.45, 2.75) is 6.61 Å². The molecular weight excluding hydrogens is 268 g/mol. The lowest BCUT2D eigenvalue weighted by Gasteiger charge is -2.10. The number of hydrogen-bond acceptors (Lipinski definition) is 4. The molecule has 0 radical (unpaired) electrons. The summed E-state index contributed by atoms with van der Waals surface area (Å²) in [4.78, 5) is 16.3. The van der Waals surface area contributed by atoms with Gasteiger partial charge in [-0.15, -0.1) is 0 Å². The topological polar surface area (TPSA) is 48.4 Å². The van der Waals surface area contributed by atoms with Crippen molar-refractivity contribution in [1.29, 1.82) is 0 Å². The van der Waals surface area contributed by atoms with Crippen LogP contribution in [0.3, 0.4) is 0 Å². The standard InChI is InChI=1S/C14H11F2NO3/c1-19-11-7-4-8-17-12(11)13(18)9-5-2-3-6-10(9)20-14(15)16/h2-8,14H,1H3. The first kappa shape index (κ1) is 13.9. The van der Waals surface area contributed by atoms with E-state index in [1.807, 2.05) is 0 Å². The maximum Gasteiger partial charge on any atom is 0.387 e. The van der Waals surface area contributed by atoms with Crippen molar-refractivity contribution < 1.29 is 23.0 Å². The lowest BCUT2D eigenvalue weighted by molar-refractivity contribution is -0.0501. The number of benzene rings is 1. The predicted molar refractivity (Wildman–Crippen MR) is 67.3 cm³/mol. The van der Waals surface area contributed by atoms with Crippen LogP contribution in [0.15, 0.2) is 42.6 Å². The Kier molecular flexibility index (Phi) is 4.24. The third-order valence-corrected chi connectivity index (χ3v) is 2.55. The molecule has 6 heteroatoms. The Balaban J connectivity index is 2.43. The number of carbonyl (C=O) groups excluding carboxylic acids is 1. The second kappa shape index (κ2) is 6.10. The first-order valence-corrected chi connectivity index (χ1v) is 5.71. The molecule has 0 N–H and O–H groups in total. The highest BCUT2D eigenvalue weighted by atomic mass is 19.3. The van der Waals surface area contributed by atoms with Gasteiger partial charge in [0.05, 0.1) is 12.7 Å². The fourth-order valence-electron chi connectivity index (χ4n) is 1.71. The van der Waals surface area contributed by atoms with E-state index in [1.165, 1.54) is 31.5 Å². The zero-order chi connectivity index (χ0) is 14.5. The van der Waals surface area contributed by atoms with Gasteiger partial charge in [0.2, 0.25) is 5.78 Å². The van der Waals surface area contributed by atoms with Crippen LogP contribution in [-0.2, 0) is 0 Å². The molecule has 2 aromatic rings. The van der Waals surface area contributed by atoms with Gasteiger partial charge < -0.3 is 9.47 Å². The van der Waals surface area contributed by atoms with Crippen molar-refractivity contribution in [3.8, 4) is 11.5 Å². The van der Waals surface area contributed by atoms with Gasteiger partial charge in [-0.1, -0.05) is 12.1 Å². The minimum absolute atomic E-state index is 0.00444. The molecule has 0 unspecified atom stereocenters. The summed E-state index contributed by atoms with van der Waals surface area (Å²) in [5.74, 6) is -0.469. The Bertz CT molecular complexity index is 617. The van der Waals surface area contributed by atoms with E-state index >= 15 is 0 Å². The molecule has 4 nitrogen and oxygen atoms in total. The van der Waals surface area contributed by atoms with Crippen LogP contribution in [0.25, 0.3) is 0 Å². The molecule has 1 aromatic heterocycles. The fraction of sp³-hybridized carbons (Fsp3) is 0.143. The van der Waals surface area contributed by atoms with E-state index in [4.69, 9.17) is 4.74 Å². The van der Waals surface area contributed by atoms with E-state index < -0.39 is 12.4 Å². The molecule has 0 aliphatic carbocycles. The Morgan fingerprint density at radius 1 is 1.15 bits per heavy atom. The van der Waals surface area contributed by atoms with Gasteiger partial charge in [0.25, 0.3) is 0 Å². The molecule has 0 saturated heterocycles. The normalized spacial score (nSPS) is 10.4. The van der Waals surface area contributed by atoms with E-state index in [1.54, 1.807) is 18.2 Å². The van der Waals surface area contributed by atoms with Crippen molar-refractivity contribution in [2.24, 2.45) is 0 Å². The van der Waals surface area contributed by atoms with E-state index in [0.717, 1.165) is 0 Å². The zero-order valence-corrected chi connectivity index (χ0v) is 10.5. The molecule has 1 heterocycles. The molecule has 0 aliphatic rings. The quantitative estimate of drug-likeness (QED) is 0.790. The summed E-state index contributed by atoms with van der Waals surface area (Å²) in [6.07, 6.45) is 1.42. The first-order valence-electron chi connectivity index (χ1n) is 5.71. The van der Waals surface area contributed by atoms with Gasteiger partial charge in [0, 0.05) is 6.20 Å². The SMILES string of the molecule is COc1cccnc1C(=O)c1ccccc1OC(F)F. The van der Waals surface area contributed by atoms with Crippen molar-refractivity contribution in [3.63, 3.8) is 0 Å². The van der Waals surface area contributed by atoms with Crippen LogP contribution >= 0.6 is 0 Å². The highest BCUT2D eigenvalue weighted by Gasteiger charge is 2.20. The summed E-state index contributed by atoms with van der Waals surface area (Å²) in [6.45, 7) is -3.01. The van der Waals surface area contributed by atoms with Crippen LogP contribution < -0.4 is 9.47 Å². The monoisotopic (exact) mass is 279 g/mol. The van der Waals surface area contributed by atoms with Crippen LogP contribution in [0.1, 0.15) is 16.1 Å². The lowest BCUT2D eigenvalue weighted by atomic mass is 10.1. The average Bonchev–Trinajstić information content (AvgIpc) is 2.46. The number of carbonyl (C=O) groups is 1. The van der Waals surface area contributed by atoms with Crippen LogP contribution in [-0.4, -0.2) is 24.5 Å². The number of pyridine rings is 1. The Hall–Kier alpha value is -2.50. The average molecular weight is 279 g/mol. The summed E-state index contributed by atoms with van der Waals surface area (Å²) in [6, 6.07) is 8.93. The number of ether oxygens (including phenoxy) is 2. The minimum Gasteiger partial charge on any atom is -0.494 e. The van der Waals surface area contributed by atoms with Gasteiger partial charge in [-0.05, 0) is 24.3 Å². The molecular formula is C14H11F2NO3. The molecule has 0 amide bonds. The fourth-order valence-corrected chi connectivity index (χ4v) is 1.71. The Morgan fingerprint density at radius 2 is 1.85 bits per heavy atom. The molecule has 0 fully saturated rings. The first-order chi connectivity index (χ1) is 9.63. The van der Waals surface area contributed by atoms with Crippen LogP contribution in [0.2, 0.25) is 0 Å². The molecule has 0 spiro atoms. The van der Waals surface area contributed by atoms with Gasteiger partial charge in [-0.2, -0.15) is 8.78 Å². The van der Waals surface area contributed by atoms with Gasteiger partial charge in [0.15, 0.2) is 5.69 Å². The molecule has 0 saturated carbocycles. The molecule has 0 atom stereocenters. The highest BCUT2D eigenvalue weighted by molar-refractivity contribution is 6.11. The molecule has 0 bridgehead atoms. The Morgan fingerprint density at radius 3 is 2.55 bits per heavy atom. The number of para-hydroxylation sites is 1. The van der Waals surface area contributed by atoms with Gasteiger partial charge in [-0.3, -0.25) is 4.79 Å². The van der Waals surface area contributed by atoms with Gasteiger partial charge in [-0.25, -0.2) is 4.98 Å². The minimum atomic E-state index is -3.01. The van der Waals surface area contributed by atoms with Crippen LogP contribution in [0.5, 0.6) is 11.5 Å². The summed E-state index contributed by atoms with van der Waals surface area (Å²) < 4.78 is 34.1. The van der Waals surface area contributed by atoms with Crippen molar-refractivity contribution in [2.75, 3.05) is 7.11 Å². The number of ketones is 1. The van der Waals surface area contributed by atoms with E-state index in [2.05, 4.69) is 9.72 Å². The smallest absolute Gasteiger partial charge is 0.387 e. The van der Waals surface area contributed by atoms with Crippen LogP contribution in [0.4, 0.5) is 8.78 Å². The van der Waals surface area contributed by atoms with E-state index in [0.29, 0.717) is 0 Å². The third kappa shape index (κ3) is 2.90. The predicted octanol–water partition coefficient (Wildman–Crippen LogP) is 2.92. The Labute approximate surface area is 114 Å². The number of hydrogen-bond donors (Lipinski definition) is 0.